The lowest BCUT2D eigenvalue weighted by atomic mass is 10.0. The fourth-order valence-electron chi connectivity index (χ4n) is 2.82. The second kappa shape index (κ2) is 5.00. The third kappa shape index (κ3) is 2.12. The molecule has 1 nitrogen and oxygen atoms in total. The number of nitrogens with one attached hydrogen (secondary N) is 1. The van der Waals surface area contributed by atoms with Crippen LogP contribution in [0, 0.1) is 13.8 Å². The highest BCUT2D eigenvalue weighted by molar-refractivity contribution is 8.05. The number of H-pyrrole nitrogens is 1. The summed E-state index contributed by atoms with van der Waals surface area (Å²) in [7, 11) is 0. The molecule has 0 amide bonds. The Balaban J connectivity index is 1.91. The molecule has 2 heterocycles. The van der Waals surface area contributed by atoms with Crippen molar-refractivity contribution in [3.63, 3.8) is 0 Å². The van der Waals surface area contributed by atoms with Crippen LogP contribution in [0.15, 0.2) is 68.2 Å². The SMILES string of the molecule is Cc1c[nH]c(C)c1-c1cccc2c1Sc1ccccc1S2. The van der Waals surface area contributed by atoms with Gasteiger partial charge in [-0.05, 0) is 43.2 Å². The van der Waals surface area contributed by atoms with Crippen LogP contribution in [-0.2, 0) is 0 Å². The number of hydrogen-bond acceptors (Lipinski definition) is 2. The van der Waals surface area contributed by atoms with Crippen molar-refractivity contribution in [3.8, 4) is 11.1 Å². The summed E-state index contributed by atoms with van der Waals surface area (Å²) in [6.07, 6.45) is 2.10. The molecule has 0 saturated heterocycles. The van der Waals surface area contributed by atoms with Gasteiger partial charge in [0.1, 0.15) is 0 Å². The predicted octanol–water partition coefficient (Wildman–Crippen LogP) is 5.91. The molecule has 2 aromatic carbocycles. The van der Waals surface area contributed by atoms with Crippen LogP contribution in [0.25, 0.3) is 11.1 Å². The topological polar surface area (TPSA) is 15.8 Å². The fourth-order valence-corrected chi connectivity index (χ4v) is 5.20. The van der Waals surface area contributed by atoms with Crippen molar-refractivity contribution in [2.75, 3.05) is 0 Å². The highest BCUT2D eigenvalue weighted by atomic mass is 32.2. The molecule has 0 saturated carbocycles. The third-order valence-electron chi connectivity index (χ3n) is 3.80. The van der Waals surface area contributed by atoms with Gasteiger partial charge in [0.2, 0.25) is 0 Å². The summed E-state index contributed by atoms with van der Waals surface area (Å²) < 4.78 is 0. The summed E-state index contributed by atoms with van der Waals surface area (Å²) in [5.74, 6) is 0. The molecular formula is C18H15NS2. The highest BCUT2D eigenvalue weighted by Crippen LogP contribution is 2.52. The maximum absolute atomic E-state index is 3.35. The Morgan fingerprint density at radius 2 is 1.52 bits per heavy atom. The van der Waals surface area contributed by atoms with Gasteiger partial charge in [-0.25, -0.2) is 0 Å². The van der Waals surface area contributed by atoms with Crippen LogP contribution in [0.3, 0.4) is 0 Å². The number of hydrogen-bond donors (Lipinski definition) is 1. The van der Waals surface area contributed by atoms with Gasteiger partial charge in [0.15, 0.2) is 0 Å². The second-order valence-corrected chi connectivity index (χ2v) is 7.39. The van der Waals surface area contributed by atoms with Crippen molar-refractivity contribution in [2.45, 2.75) is 33.4 Å². The largest absolute Gasteiger partial charge is 0.364 e. The zero-order chi connectivity index (χ0) is 14.4. The van der Waals surface area contributed by atoms with E-state index in [2.05, 4.69) is 67.5 Å². The summed E-state index contributed by atoms with van der Waals surface area (Å²) in [4.78, 5) is 8.80. The quantitative estimate of drug-likeness (QED) is 0.470. The standard InChI is InChI=1S/C18H15NS2/c1-11-10-19-12(2)17(11)13-6-5-9-16-18(13)21-15-8-4-3-7-14(15)20-16/h3-10,19H,1-2H3. The van der Waals surface area contributed by atoms with Gasteiger partial charge in [-0.15, -0.1) is 0 Å². The highest BCUT2D eigenvalue weighted by Gasteiger charge is 2.21. The van der Waals surface area contributed by atoms with E-state index >= 15 is 0 Å². The van der Waals surface area contributed by atoms with Gasteiger partial charge >= 0.3 is 0 Å². The maximum atomic E-state index is 3.35. The molecule has 0 atom stereocenters. The van der Waals surface area contributed by atoms with Crippen molar-refractivity contribution in [1.82, 2.24) is 4.98 Å². The van der Waals surface area contributed by atoms with Gasteiger partial charge in [-0.1, -0.05) is 47.8 Å². The minimum absolute atomic E-state index is 1.24. The number of rotatable bonds is 1. The van der Waals surface area contributed by atoms with Crippen molar-refractivity contribution < 1.29 is 0 Å². The van der Waals surface area contributed by atoms with Gasteiger partial charge < -0.3 is 4.98 Å². The van der Waals surface area contributed by atoms with Crippen LogP contribution in [0.5, 0.6) is 0 Å². The van der Waals surface area contributed by atoms with Gasteiger partial charge in [-0.2, -0.15) is 0 Å². The van der Waals surface area contributed by atoms with Crippen LogP contribution in [0.1, 0.15) is 11.3 Å². The smallest absolute Gasteiger partial charge is 0.0341 e. The molecule has 104 valence electrons. The monoisotopic (exact) mass is 309 g/mol. The lowest BCUT2D eigenvalue weighted by Gasteiger charge is -2.21. The normalized spacial score (nSPS) is 12.9. The molecule has 1 aliphatic heterocycles. The first-order valence-corrected chi connectivity index (χ1v) is 8.60. The van der Waals surface area contributed by atoms with E-state index in [0.717, 1.165) is 0 Å². The number of benzene rings is 2. The van der Waals surface area contributed by atoms with E-state index in [4.69, 9.17) is 0 Å². The summed E-state index contributed by atoms with van der Waals surface area (Å²) >= 11 is 3.76. The molecule has 3 aromatic rings. The molecule has 0 spiro atoms. The summed E-state index contributed by atoms with van der Waals surface area (Å²) in [6.45, 7) is 4.32. The van der Waals surface area contributed by atoms with Gasteiger partial charge in [0.25, 0.3) is 0 Å². The van der Waals surface area contributed by atoms with Gasteiger partial charge in [-0.3, -0.25) is 0 Å². The fraction of sp³-hybridized carbons (Fsp3) is 0.111. The molecule has 1 aromatic heterocycles. The Labute approximate surface area is 133 Å². The third-order valence-corrected chi connectivity index (χ3v) is 6.42. The molecule has 1 N–H and O–H groups in total. The van der Waals surface area contributed by atoms with E-state index in [-0.39, 0.29) is 0 Å². The van der Waals surface area contributed by atoms with Crippen molar-refractivity contribution in [3.05, 3.63) is 59.9 Å². The molecule has 0 aliphatic carbocycles. The zero-order valence-corrected chi connectivity index (χ0v) is 13.6. The van der Waals surface area contributed by atoms with Crippen molar-refractivity contribution in [2.24, 2.45) is 0 Å². The summed E-state index contributed by atoms with van der Waals surface area (Å²) in [5.41, 5.74) is 5.24. The summed E-state index contributed by atoms with van der Waals surface area (Å²) in [6, 6.07) is 15.3. The Bertz CT molecular complexity index is 813. The lowest BCUT2D eigenvalue weighted by Crippen LogP contribution is -1.93. The molecule has 3 heteroatoms. The molecule has 21 heavy (non-hydrogen) atoms. The molecule has 0 radical (unpaired) electrons. The van der Waals surface area contributed by atoms with E-state index in [9.17, 15) is 0 Å². The first-order valence-electron chi connectivity index (χ1n) is 6.97. The Morgan fingerprint density at radius 1 is 0.810 bits per heavy atom. The molecule has 1 aliphatic rings. The average Bonchev–Trinajstić information content (AvgIpc) is 2.84. The number of fused-ring (bicyclic) bond motifs is 2. The number of aromatic nitrogens is 1. The van der Waals surface area contributed by atoms with Crippen LogP contribution >= 0.6 is 23.5 Å². The van der Waals surface area contributed by atoms with E-state index < -0.39 is 0 Å². The van der Waals surface area contributed by atoms with E-state index in [1.807, 2.05) is 23.5 Å². The second-order valence-electron chi connectivity index (χ2n) is 5.26. The Hall–Kier alpha value is -1.58. The van der Waals surface area contributed by atoms with Crippen LogP contribution in [0.4, 0.5) is 0 Å². The maximum Gasteiger partial charge on any atom is 0.0341 e. The Kier molecular flexibility index (Phi) is 3.12. The van der Waals surface area contributed by atoms with Crippen molar-refractivity contribution >= 4 is 23.5 Å². The van der Waals surface area contributed by atoms with Gasteiger partial charge in [0, 0.05) is 37.0 Å². The Morgan fingerprint density at radius 3 is 2.24 bits per heavy atom. The van der Waals surface area contributed by atoms with Gasteiger partial charge in [0.05, 0.1) is 0 Å². The van der Waals surface area contributed by atoms with E-state index in [0.29, 0.717) is 0 Å². The minimum Gasteiger partial charge on any atom is -0.364 e. The average molecular weight is 309 g/mol. The molecule has 0 unspecified atom stereocenters. The lowest BCUT2D eigenvalue weighted by molar-refractivity contribution is 1.15. The number of aryl methyl sites for hydroxylation is 2. The predicted molar refractivity (Wildman–Crippen MR) is 90.4 cm³/mol. The first kappa shape index (κ1) is 13.1. The molecule has 4 rings (SSSR count). The van der Waals surface area contributed by atoms with Crippen LogP contribution in [-0.4, -0.2) is 4.98 Å². The number of aromatic amines is 1. The summed E-state index contributed by atoms with van der Waals surface area (Å²) in [5, 5.41) is 0. The van der Waals surface area contributed by atoms with Crippen LogP contribution < -0.4 is 0 Å². The first-order chi connectivity index (χ1) is 10.2. The molecular weight excluding hydrogens is 294 g/mol. The molecule has 0 bridgehead atoms. The van der Waals surface area contributed by atoms with Crippen LogP contribution in [0.2, 0.25) is 0 Å². The van der Waals surface area contributed by atoms with E-state index in [1.165, 1.54) is 42.0 Å². The molecule has 0 fully saturated rings. The minimum atomic E-state index is 1.24. The van der Waals surface area contributed by atoms with Crippen molar-refractivity contribution in [1.29, 1.82) is 0 Å². The zero-order valence-electron chi connectivity index (χ0n) is 11.9. The van der Waals surface area contributed by atoms with E-state index in [1.54, 1.807) is 0 Å².